The third-order valence-corrected chi connectivity index (χ3v) is 2.24. The Kier molecular flexibility index (Phi) is 2.96. The predicted octanol–water partition coefficient (Wildman–Crippen LogP) is 0.824. The topological polar surface area (TPSA) is 52.7 Å². The molecule has 15 heavy (non-hydrogen) atoms. The van der Waals surface area contributed by atoms with Crippen molar-refractivity contribution in [2.75, 3.05) is 5.33 Å². The average molecular weight is 269 g/mol. The van der Waals surface area contributed by atoms with Crippen molar-refractivity contribution in [3.05, 3.63) is 40.9 Å². The number of hydrogen-bond donors (Lipinski definition) is 0. The molecule has 0 aliphatic rings. The molecule has 78 valence electrons. The van der Waals surface area contributed by atoms with Crippen LogP contribution in [0.4, 0.5) is 0 Å². The van der Waals surface area contributed by atoms with Gasteiger partial charge in [0.2, 0.25) is 0 Å². The maximum absolute atomic E-state index is 11.4. The van der Waals surface area contributed by atoms with Gasteiger partial charge in [0, 0.05) is 23.8 Å². The number of nitrogens with zero attached hydrogens (tertiary/aromatic N) is 4. The molecular weight excluding hydrogens is 260 g/mol. The summed E-state index contributed by atoms with van der Waals surface area (Å²) < 4.78 is 3.02. The zero-order valence-electron chi connectivity index (χ0n) is 7.88. The van der Waals surface area contributed by atoms with Crippen LogP contribution in [0.3, 0.4) is 0 Å². The van der Waals surface area contributed by atoms with E-state index >= 15 is 0 Å². The summed E-state index contributed by atoms with van der Waals surface area (Å²) in [6.07, 6.45) is 3.45. The summed E-state index contributed by atoms with van der Waals surface area (Å²) in [7, 11) is 0. The van der Waals surface area contributed by atoms with Gasteiger partial charge in [-0.1, -0.05) is 15.9 Å². The van der Waals surface area contributed by atoms with E-state index in [4.69, 9.17) is 0 Å². The molecule has 0 saturated heterocycles. The van der Waals surface area contributed by atoms with Gasteiger partial charge in [-0.25, -0.2) is 9.36 Å². The minimum atomic E-state index is -0.106. The van der Waals surface area contributed by atoms with Gasteiger partial charge in [-0.2, -0.15) is 5.10 Å². The molecule has 0 fully saturated rings. The van der Waals surface area contributed by atoms with E-state index in [9.17, 15) is 4.79 Å². The van der Waals surface area contributed by atoms with Gasteiger partial charge >= 0.3 is 0 Å². The van der Waals surface area contributed by atoms with Crippen LogP contribution in [0.5, 0.6) is 0 Å². The first-order valence-corrected chi connectivity index (χ1v) is 5.57. The molecule has 6 heteroatoms. The van der Waals surface area contributed by atoms with Gasteiger partial charge in [-0.15, -0.1) is 5.10 Å². The third kappa shape index (κ3) is 2.15. The number of alkyl halides is 1. The Labute approximate surface area is 94.5 Å². The number of rotatable bonds is 3. The minimum absolute atomic E-state index is 0.106. The lowest BCUT2D eigenvalue weighted by Gasteiger charge is -2.04. The van der Waals surface area contributed by atoms with Crippen molar-refractivity contribution >= 4 is 15.9 Å². The van der Waals surface area contributed by atoms with Gasteiger partial charge in [-0.05, 0) is 12.1 Å². The average Bonchev–Trinajstić information content (AvgIpc) is 2.75. The molecule has 0 atom stereocenters. The monoisotopic (exact) mass is 268 g/mol. The second kappa shape index (κ2) is 4.39. The van der Waals surface area contributed by atoms with E-state index in [0.717, 1.165) is 0 Å². The maximum Gasteiger partial charge on any atom is 0.266 e. The van der Waals surface area contributed by atoms with Crippen molar-refractivity contribution in [1.82, 2.24) is 19.6 Å². The van der Waals surface area contributed by atoms with E-state index in [1.807, 2.05) is 6.07 Å². The summed E-state index contributed by atoms with van der Waals surface area (Å²) >= 11 is 3.27. The first kappa shape index (κ1) is 10.1. The first-order valence-electron chi connectivity index (χ1n) is 4.45. The lowest BCUT2D eigenvalue weighted by molar-refractivity contribution is 0.605. The highest BCUT2D eigenvalue weighted by Gasteiger charge is 2.01. The quantitative estimate of drug-likeness (QED) is 0.775. The molecule has 0 unspecified atom stereocenters. The molecule has 2 aromatic heterocycles. The molecule has 5 nitrogen and oxygen atoms in total. The molecule has 0 aliphatic carbocycles. The van der Waals surface area contributed by atoms with Gasteiger partial charge in [-0.3, -0.25) is 4.79 Å². The Morgan fingerprint density at radius 2 is 2.27 bits per heavy atom. The van der Waals surface area contributed by atoms with Crippen molar-refractivity contribution in [2.45, 2.75) is 6.54 Å². The van der Waals surface area contributed by atoms with Gasteiger partial charge in [0.05, 0.1) is 6.54 Å². The highest BCUT2D eigenvalue weighted by Crippen LogP contribution is 1.98. The van der Waals surface area contributed by atoms with Crippen LogP contribution in [0.2, 0.25) is 0 Å². The summed E-state index contributed by atoms with van der Waals surface area (Å²) in [5.74, 6) is 0.639. The van der Waals surface area contributed by atoms with Crippen LogP contribution in [-0.2, 0) is 6.54 Å². The second-order valence-electron chi connectivity index (χ2n) is 2.89. The number of aromatic nitrogens is 4. The third-order valence-electron chi connectivity index (χ3n) is 1.89. The zero-order valence-corrected chi connectivity index (χ0v) is 9.46. The fourth-order valence-corrected chi connectivity index (χ4v) is 1.54. The van der Waals surface area contributed by atoms with Crippen LogP contribution in [0.1, 0.15) is 0 Å². The van der Waals surface area contributed by atoms with Crippen LogP contribution >= 0.6 is 15.9 Å². The van der Waals surface area contributed by atoms with E-state index in [1.54, 1.807) is 23.1 Å². The molecule has 0 amide bonds. The molecule has 0 N–H and O–H groups in total. The Hall–Kier alpha value is -1.43. The summed E-state index contributed by atoms with van der Waals surface area (Å²) in [4.78, 5) is 11.4. The van der Waals surface area contributed by atoms with Crippen molar-refractivity contribution in [3.63, 3.8) is 0 Å². The summed E-state index contributed by atoms with van der Waals surface area (Å²) in [5.41, 5.74) is -0.106. The zero-order chi connectivity index (χ0) is 10.7. The Morgan fingerprint density at radius 3 is 2.93 bits per heavy atom. The van der Waals surface area contributed by atoms with Crippen LogP contribution in [0.15, 0.2) is 35.4 Å². The van der Waals surface area contributed by atoms with Crippen molar-refractivity contribution in [2.24, 2.45) is 0 Å². The smallest absolute Gasteiger partial charge is 0.266 e. The lowest BCUT2D eigenvalue weighted by atomic mass is 10.5. The fraction of sp³-hybridized carbons (Fsp3) is 0.222. The van der Waals surface area contributed by atoms with Gasteiger partial charge in [0.1, 0.15) is 0 Å². The van der Waals surface area contributed by atoms with Crippen LogP contribution < -0.4 is 5.56 Å². The second-order valence-corrected chi connectivity index (χ2v) is 3.69. The van der Waals surface area contributed by atoms with E-state index in [0.29, 0.717) is 17.7 Å². The van der Waals surface area contributed by atoms with Crippen LogP contribution in [-0.4, -0.2) is 24.9 Å². The molecular formula is C9H9BrN4O. The molecule has 0 spiro atoms. The number of halogens is 1. The summed E-state index contributed by atoms with van der Waals surface area (Å²) in [5, 5.41) is 8.92. The number of hydrogen-bond acceptors (Lipinski definition) is 3. The first-order chi connectivity index (χ1) is 7.31. The number of aryl methyl sites for hydroxylation is 1. The van der Waals surface area contributed by atoms with Crippen molar-refractivity contribution in [1.29, 1.82) is 0 Å². The maximum atomic E-state index is 11.4. The van der Waals surface area contributed by atoms with E-state index in [-0.39, 0.29) is 5.56 Å². The normalized spacial score (nSPS) is 10.5. The van der Waals surface area contributed by atoms with Crippen LogP contribution in [0, 0.1) is 0 Å². The van der Waals surface area contributed by atoms with Gasteiger partial charge < -0.3 is 0 Å². The molecule has 0 radical (unpaired) electrons. The Bertz CT molecular complexity index is 491. The lowest BCUT2D eigenvalue weighted by Crippen LogP contribution is -2.24. The summed E-state index contributed by atoms with van der Waals surface area (Å²) in [6.45, 7) is 0.550. The standard InChI is InChI=1S/C9H9BrN4O/c10-4-7-14-9(15)3-2-8(12-14)13-6-1-5-11-13/h1-3,5-6H,4,7H2. The van der Waals surface area contributed by atoms with E-state index in [1.165, 1.54) is 10.7 Å². The molecule has 0 aliphatic heterocycles. The molecule has 2 aromatic rings. The van der Waals surface area contributed by atoms with Crippen molar-refractivity contribution in [3.8, 4) is 5.82 Å². The van der Waals surface area contributed by atoms with E-state index < -0.39 is 0 Å². The fourth-order valence-electron chi connectivity index (χ4n) is 1.20. The van der Waals surface area contributed by atoms with Crippen LogP contribution in [0.25, 0.3) is 5.82 Å². The molecule has 0 saturated carbocycles. The molecule has 0 aromatic carbocycles. The van der Waals surface area contributed by atoms with Crippen molar-refractivity contribution < 1.29 is 0 Å². The van der Waals surface area contributed by atoms with E-state index in [2.05, 4.69) is 26.1 Å². The Balaban J connectivity index is 2.43. The Morgan fingerprint density at radius 1 is 1.40 bits per heavy atom. The summed E-state index contributed by atoms with van der Waals surface area (Å²) in [6, 6.07) is 4.95. The van der Waals surface area contributed by atoms with Gasteiger partial charge in [0.15, 0.2) is 5.82 Å². The SMILES string of the molecule is O=c1ccc(-n2cccn2)nn1CCBr. The predicted molar refractivity (Wildman–Crippen MR) is 59.4 cm³/mol. The largest absolute Gasteiger partial charge is 0.268 e. The minimum Gasteiger partial charge on any atom is -0.268 e. The highest BCUT2D eigenvalue weighted by atomic mass is 79.9. The van der Waals surface area contributed by atoms with Gasteiger partial charge in [0.25, 0.3) is 5.56 Å². The molecule has 0 bridgehead atoms. The molecule has 2 rings (SSSR count). The highest BCUT2D eigenvalue weighted by molar-refractivity contribution is 9.09. The molecule has 2 heterocycles.